The molecule has 0 spiro atoms. The summed E-state index contributed by atoms with van der Waals surface area (Å²) >= 11 is 0. The van der Waals surface area contributed by atoms with Crippen molar-refractivity contribution in [1.82, 2.24) is 5.32 Å². The maximum Gasteiger partial charge on any atom is 0.162 e. The highest BCUT2D eigenvalue weighted by atomic mass is 16.5. The van der Waals surface area contributed by atoms with E-state index in [1.54, 1.807) is 14.2 Å². The molecule has 3 nitrogen and oxygen atoms in total. The van der Waals surface area contributed by atoms with E-state index in [9.17, 15) is 0 Å². The third-order valence-corrected chi connectivity index (χ3v) is 2.47. The van der Waals surface area contributed by atoms with Crippen LogP contribution in [-0.4, -0.2) is 20.8 Å². The number of aryl methyl sites for hydroxylation is 1. The zero-order chi connectivity index (χ0) is 9.97. The average Bonchev–Trinajstić information content (AvgIpc) is 2.27. The molecule has 0 saturated heterocycles. The van der Waals surface area contributed by atoms with Crippen molar-refractivity contribution < 1.29 is 9.47 Å². The van der Waals surface area contributed by atoms with Gasteiger partial charge in [-0.3, -0.25) is 5.32 Å². The molecule has 0 saturated carbocycles. The SMILES string of the molecule is COc1cc2c(cc1OC)[N]CCC2. The number of fused-ring (bicyclic) bond motifs is 1. The lowest BCUT2D eigenvalue weighted by molar-refractivity contribution is 0.354. The predicted molar refractivity (Wildman–Crippen MR) is 54.5 cm³/mol. The Morgan fingerprint density at radius 1 is 1.14 bits per heavy atom. The van der Waals surface area contributed by atoms with E-state index in [2.05, 4.69) is 5.32 Å². The van der Waals surface area contributed by atoms with E-state index in [1.807, 2.05) is 12.1 Å². The maximum atomic E-state index is 5.24. The van der Waals surface area contributed by atoms with Gasteiger partial charge in [-0.15, -0.1) is 0 Å². The molecule has 0 aromatic heterocycles. The van der Waals surface area contributed by atoms with E-state index in [0.717, 1.165) is 36.6 Å². The Morgan fingerprint density at radius 2 is 1.86 bits per heavy atom. The highest BCUT2D eigenvalue weighted by molar-refractivity contribution is 5.57. The first-order chi connectivity index (χ1) is 6.85. The molecule has 0 bridgehead atoms. The topological polar surface area (TPSA) is 32.6 Å². The second-order valence-corrected chi connectivity index (χ2v) is 3.32. The van der Waals surface area contributed by atoms with Crippen molar-refractivity contribution in [2.75, 3.05) is 20.8 Å². The van der Waals surface area contributed by atoms with Crippen LogP contribution in [0.2, 0.25) is 0 Å². The summed E-state index contributed by atoms with van der Waals surface area (Å²) in [5.41, 5.74) is 2.31. The third-order valence-electron chi connectivity index (χ3n) is 2.47. The minimum atomic E-state index is 0.761. The second kappa shape index (κ2) is 3.78. The lowest BCUT2D eigenvalue weighted by atomic mass is 10.0. The van der Waals surface area contributed by atoms with Crippen LogP contribution >= 0.6 is 0 Å². The Labute approximate surface area is 84.0 Å². The molecular formula is C11H14NO2. The van der Waals surface area contributed by atoms with Gasteiger partial charge in [0.25, 0.3) is 0 Å². The lowest BCUT2D eigenvalue weighted by Crippen LogP contribution is -2.11. The van der Waals surface area contributed by atoms with Crippen LogP contribution in [0.5, 0.6) is 11.5 Å². The molecule has 0 amide bonds. The quantitative estimate of drug-likeness (QED) is 0.716. The second-order valence-electron chi connectivity index (χ2n) is 3.32. The summed E-state index contributed by atoms with van der Waals surface area (Å²) in [5.74, 6) is 1.56. The molecule has 1 aromatic rings. The first-order valence-corrected chi connectivity index (χ1v) is 4.77. The van der Waals surface area contributed by atoms with Crippen molar-refractivity contribution in [2.45, 2.75) is 12.8 Å². The highest BCUT2D eigenvalue weighted by Crippen LogP contribution is 2.35. The van der Waals surface area contributed by atoms with Crippen LogP contribution in [-0.2, 0) is 6.42 Å². The van der Waals surface area contributed by atoms with Crippen molar-refractivity contribution in [2.24, 2.45) is 0 Å². The zero-order valence-electron chi connectivity index (χ0n) is 8.54. The third kappa shape index (κ3) is 1.50. The molecule has 0 unspecified atom stereocenters. The molecule has 14 heavy (non-hydrogen) atoms. The first-order valence-electron chi connectivity index (χ1n) is 4.77. The molecule has 1 aliphatic rings. The molecule has 1 heterocycles. The van der Waals surface area contributed by atoms with Crippen molar-refractivity contribution >= 4 is 5.69 Å². The van der Waals surface area contributed by atoms with E-state index in [0.29, 0.717) is 0 Å². The van der Waals surface area contributed by atoms with Crippen LogP contribution in [0.25, 0.3) is 0 Å². The standard InChI is InChI=1S/C11H14NO2/c1-13-10-6-8-4-3-5-12-9(8)7-11(10)14-2/h6-7H,3-5H2,1-2H3. The number of benzene rings is 1. The summed E-state index contributed by atoms with van der Waals surface area (Å²) in [4.78, 5) is 0. The number of rotatable bonds is 2. The van der Waals surface area contributed by atoms with E-state index in [1.165, 1.54) is 5.56 Å². The minimum absolute atomic E-state index is 0.761. The average molecular weight is 192 g/mol. The lowest BCUT2D eigenvalue weighted by Gasteiger charge is -2.18. The van der Waals surface area contributed by atoms with Gasteiger partial charge in [-0.05, 0) is 24.5 Å². The van der Waals surface area contributed by atoms with E-state index in [-0.39, 0.29) is 0 Å². The summed E-state index contributed by atoms with van der Waals surface area (Å²) in [6, 6.07) is 3.98. The fourth-order valence-corrected chi connectivity index (χ4v) is 1.73. The van der Waals surface area contributed by atoms with Crippen molar-refractivity contribution in [3.8, 4) is 11.5 Å². The van der Waals surface area contributed by atoms with E-state index < -0.39 is 0 Å². The van der Waals surface area contributed by atoms with E-state index >= 15 is 0 Å². The number of nitrogens with zero attached hydrogens (tertiary/aromatic N) is 1. The van der Waals surface area contributed by atoms with Gasteiger partial charge in [0.1, 0.15) is 0 Å². The Balaban J connectivity index is 2.43. The predicted octanol–water partition coefficient (Wildman–Crippen LogP) is 1.89. The van der Waals surface area contributed by atoms with Crippen LogP contribution in [0.3, 0.4) is 0 Å². The fourth-order valence-electron chi connectivity index (χ4n) is 1.73. The monoisotopic (exact) mass is 192 g/mol. The molecule has 1 radical (unpaired) electrons. The van der Waals surface area contributed by atoms with Gasteiger partial charge in [0.15, 0.2) is 11.5 Å². The van der Waals surface area contributed by atoms with Crippen molar-refractivity contribution in [3.05, 3.63) is 17.7 Å². The normalized spacial score (nSPS) is 14.1. The summed E-state index contributed by atoms with van der Waals surface area (Å²) in [6.45, 7) is 0.919. The summed E-state index contributed by atoms with van der Waals surface area (Å²) in [7, 11) is 3.30. The highest BCUT2D eigenvalue weighted by Gasteiger charge is 2.14. The van der Waals surface area contributed by atoms with Gasteiger partial charge >= 0.3 is 0 Å². The van der Waals surface area contributed by atoms with Gasteiger partial charge in [-0.25, -0.2) is 0 Å². The molecular weight excluding hydrogens is 178 g/mol. The molecule has 0 atom stereocenters. The van der Waals surface area contributed by atoms with Crippen LogP contribution in [0.4, 0.5) is 5.69 Å². The molecule has 0 aliphatic carbocycles. The largest absolute Gasteiger partial charge is 0.493 e. The smallest absolute Gasteiger partial charge is 0.162 e. The molecule has 0 fully saturated rings. The van der Waals surface area contributed by atoms with Crippen molar-refractivity contribution in [3.63, 3.8) is 0 Å². The zero-order valence-corrected chi connectivity index (χ0v) is 8.54. The van der Waals surface area contributed by atoms with Crippen LogP contribution in [0.15, 0.2) is 12.1 Å². The molecule has 3 heteroatoms. The summed E-state index contributed by atoms with van der Waals surface area (Å²) in [6.07, 6.45) is 2.21. The van der Waals surface area contributed by atoms with E-state index in [4.69, 9.17) is 9.47 Å². The maximum absolute atomic E-state index is 5.24. The molecule has 1 aliphatic heterocycles. The summed E-state index contributed by atoms with van der Waals surface area (Å²) < 4.78 is 10.5. The molecule has 0 N–H and O–H groups in total. The molecule has 75 valence electrons. The van der Waals surface area contributed by atoms with Crippen molar-refractivity contribution in [1.29, 1.82) is 0 Å². The number of hydrogen-bond acceptors (Lipinski definition) is 2. The molecule has 1 aromatic carbocycles. The number of ether oxygens (including phenoxy) is 2. The Morgan fingerprint density at radius 3 is 2.57 bits per heavy atom. The van der Waals surface area contributed by atoms with Gasteiger partial charge < -0.3 is 9.47 Å². The number of methoxy groups -OCH3 is 2. The Hall–Kier alpha value is -1.38. The Bertz CT molecular complexity index is 292. The summed E-state index contributed by atoms with van der Waals surface area (Å²) in [5, 5.41) is 4.44. The van der Waals surface area contributed by atoms with Gasteiger partial charge in [-0.2, -0.15) is 0 Å². The van der Waals surface area contributed by atoms with Gasteiger partial charge in [-0.1, -0.05) is 0 Å². The van der Waals surface area contributed by atoms with Crippen LogP contribution in [0, 0.1) is 0 Å². The first kappa shape index (κ1) is 9.19. The van der Waals surface area contributed by atoms with Gasteiger partial charge in [0.2, 0.25) is 0 Å². The minimum Gasteiger partial charge on any atom is -0.493 e. The number of hydrogen-bond donors (Lipinski definition) is 0. The molecule has 2 rings (SSSR count). The van der Waals surface area contributed by atoms with Crippen LogP contribution < -0.4 is 14.8 Å². The fraction of sp³-hybridized carbons (Fsp3) is 0.455. The van der Waals surface area contributed by atoms with Crippen LogP contribution in [0.1, 0.15) is 12.0 Å². The van der Waals surface area contributed by atoms with Gasteiger partial charge in [0, 0.05) is 12.6 Å². The Kier molecular flexibility index (Phi) is 2.48. The van der Waals surface area contributed by atoms with Gasteiger partial charge in [0.05, 0.1) is 19.9 Å².